The van der Waals surface area contributed by atoms with Crippen molar-refractivity contribution in [3.8, 4) is 11.8 Å². The summed E-state index contributed by atoms with van der Waals surface area (Å²) in [6, 6.07) is 15.2. The van der Waals surface area contributed by atoms with Crippen molar-refractivity contribution in [1.82, 2.24) is 29.8 Å². The number of hydrogen-bond acceptors (Lipinski definition) is 4. The third-order valence-corrected chi connectivity index (χ3v) is 6.45. The van der Waals surface area contributed by atoms with Gasteiger partial charge in [0.1, 0.15) is 29.4 Å². The van der Waals surface area contributed by atoms with Gasteiger partial charge in [0.25, 0.3) is 5.91 Å². The van der Waals surface area contributed by atoms with E-state index in [1.54, 1.807) is 30.0 Å². The maximum Gasteiger partial charge on any atom is 0.270 e. The van der Waals surface area contributed by atoms with Crippen LogP contribution in [-0.4, -0.2) is 36.6 Å². The highest BCUT2D eigenvalue weighted by Crippen LogP contribution is 2.30. The lowest BCUT2D eigenvalue weighted by molar-refractivity contribution is 0.0936. The summed E-state index contributed by atoms with van der Waals surface area (Å²) in [5.41, 5.74) is 4.78. The molecule has 188 valence electrons. The maximum absolute atomic E-state index is 14.2. The van der Waals surface area contributed by atoms with Crippen molar-refractivity contribution in [3.63, 3.8) is 0 Å². The average Bonchev–Trinajstić information content (AvgIpc) is 3.60. The smallest absolute Gasteiger partial charge is 0.270 e. The molecule has 1 aromatic carbocycles. The van der Waals surface area contributed by atoms with Gasteiger partial charge in [0.2, 0.25) is 0 Å². The molecule has 0 spiro atoms. The summed E-state index contributed by atoms with van der Waals surface area (Å²) >= 11 is 0. The number of imidazole rings is 1. The highest BCUT2D eigenvalue weighted by molar-refractivity contribution is 5.93. The molecule has 0 bridgehead atoms. The first-order chi connectivity index (χ1) is 18.4. The Morgan fingerprint density at radius 2 is 2.03 bits per heavy atom. The number of pyridine rings is 2. The van der Waals surface area contributed by atoms with Crippen LogP contribution in [0.5, 0.6) is 0 Å². The molecule has 4 aromatic heterocycles. The van der Waals surface area contributed by atoms with Crippen molar-refractivity contribution in [3.05, 3.63) is 113 Å². The fourth-order valence-corrected chi connectivity index (χ4v) is 4.72. The average molecular weight is 509 g/mol. The number of H-pyrrole nitrogens is 1. The highest BCUT2D eigenvalue weighted by atomic mass is 19.1. The van der Waals surface area contributed by atoms with E-state index in [2.05, 4.69) is 37.1 Å². The van der Waals surface area contributed by atoms with Gasteiger partial charge < -0.3 is 14.9 Å². The van der Waals surface area contributed by atoms with E-state index < -0.39 is 23.9 Å². The molecular formula is C29H22F2N6O. The predicted octanol–water partition coefficient (Wildman–Crippen LogP) is 4.42. The topological polar surface area (TPSA) is 88.5 Å². The van der Waals surface area contributed by atoms with Gasteiger partial charge in [-0.1, -0.05) is 24.1 Å². The first-order valence-corrected chi connectivity index (χ1v) is 12.1. The molecule has 6 rings (SSSR count). The number of nitrogens with zero attached hydrogens (tertiary/aromatic N) is 4. The van der Waals surface area contributed by atoms with E-state index >= 15 is 0 Å². The van der Waals surface area contributed by atoms with Gasteiger partial charge >= 0.3 is 0 Å². The zero-order valence-electron chi connectivity index (χ0n) is 20.4. The molecule has 2 atom stereocenters. The fraction of sp³-hybridized carbons (Fsp3) is 0.172. The third-order valence-electron chi connectivity index (χ3n) is 6.45. The molecule has 7 nitrogen and oxygen atoms in total. The summed E-state index contributed by atoms with van der Waals surface area (Å²) in [6.45, 7) is 2.02. The number of carbonyl (C=O) groups excluding carboxylic acids is 1. The van der Waals surface area contributed by atoms with Gasteiger partial charge in [-0.15, -0.1) is 0 Å². The summed E-state index contributed by atoms with van der Waals surface area (Å²) < 4.78 is 29.1. The number of amides is 1. The summed E-state index contributed by atoms with van der Waals surface area (Å²) in [4.78, 5) is 29.8. The third kappa shape index (κ3) is 4.64. The number of aromatic nitrogens is 5. The first-order valence-electron chi connectivity index (χ1n) is 12.1. The van der Waals surface area contributed by atoms with Crippen LogP contribution >= 0.6 is 0 Å². The monoisotopic (exact) mass is 508 g/mol. The zero-order valence-corrected chi connectivity index (χ0v) is 20.4. The molecule has 1 aliphatic heterocycles. The number of rotatable bonds is 4. The molecule has 2 N–H and O–H groups in total. The Hall–Kier alpha value is -4.84. The Kier molecular flexibility index (Phi) is 5.92. The van der Waals surface area contributed by atoms with Gasteiger partial charge in [-0.05, 0) is 54.6 Å². The summed E-state index contributed by atoms with van der Waals surface area (Å²) in [5.74, 6) is 4.98. The van der Waals surface area contributed by atoms with Gasteiger partial charge in [0, 0.05) is 34.6 Å². The van der Waals surface area contributed by atoms with Gasteiger partial charge in [-0.25, -0.2) is 23.7 Å². The second-order valence-electron chi connectivity index (χ2n) is 9.24. The van der Waals surface area contributed by atoms with Crippen LogP contribution in [0.3, 0.4) is 0 Å². The molecule has 0 radical (unpaired) electrons. The number of halogens is 2. The molecular weight excluding hydrogens is 486 g/mol. The van der Waals surface area contributed by atoms with Crippen LogP contribution < -0.4 is 5.32 Å². The van der Waals surface area contributed by atoms with E-state index in [4.69, 9.17) is 0 Å². The number of aromatic amines is 1. The van der Waals surface area contributed by atoms with Crippen LogP contribution in [0.15, 0.2) is 67.1 Å². The minimum absolute atomic E-state index is 0.182. The first kappa shape index (κ1) is 23.6. The minimum Gasteiger partial charge on any atom is -0.356 e. The molecule has 5 heterocycles. The van der Waals surface area contributed by atoms with Crippen LogP contribution in [0.4, 0.5) is 8.78 Å². The molecule has 1 amide bonds. The van der Waals surface area contributed by atoms with Gasteiger partial charge in [0.05, 0.1) is 24.8 Å². The largest absolute Gasteiger partial charge is 0.356 e. The molecule has 38 heavy (non-hydrogen) atoms. The van der Waals surface area contributed by atoms with Crippen molar-refractivity contribution in [1.29, 1.82) is 0 Å². The molecule has 5 aromatic rings. The Balaban J connectivity index is 1.34. The molecule has 0 saturated heterocycles. The van der Waals surface area contributed by atoms with Crippen molar-refractivity contribution in [2.75, 3.05) is 0 Å². The predicted molar refractivity (Wildman–Crippen MR) is 138 cm³/mol. The van der Waals surface area contributed by atoms with Crippen molar-refractivity contribution >= 4 is 16.8 Å². The van der Waals surface area contributed by atoms with E-state index in [0.717, 1.165) is 28.5 Å². The number of nitrogens with one attached hydrogen (secondary N) is 2. The molecule has 0 saturated carbocycles. The van der Waals surface area contributed by atoms with Crippen LogP contribution in [-0.2, 0) is 13.0 Å². The Labute approximate surface area is 217 Å². The summed E-state index contributed by atoms with van der Waals surface area (Å²) in [5, 5.41) is 4.05. The van der Waals surface area contributed by atoms with Gasteiger partial charge in [0.15, 0.2) is 0 Å². The van der Waals surface area contributed by atoms with E-state index in [9.17, 15) is 13.6 Å². The lowest BCUT2D eigenvalue weighted by Gasteiger charge is -2.17. The van der Waals surface area contributed by atoms with Crippen LogP contribution in [0.2, 0.25) is 0 Å². The van der Waals surface area contributed by atoms with Crippen molar-refractivity contribution < 1.29 is 13.6 Å². The zero-order chi connectivity index (χ0) is 26.2. The molecule has 0 aliphatic carbocycles. The van der Waals surface area contributed by atoms with Crippen LogP contribution in [0, 0.1) is 24.6 Å². The van der Waals surface area contributed by atoms with Crippen LogP contribution in [0.1, 0.15) is 50.6 Å². The Morgan fingerprint density at radius 1 is 1.16 bits per heavy atom. The second-order valence-corrected chi connectivity index (χ2v) is 9.24. The normalized spacial score (nSPS) is 15.1. The molecule has 1 aliphatic rings. The number of fused-ring (bicyclic) bond motifs is 2. The standard InChI is InChI=1S/C29H22F2N6O/c1-17-10-18(6-8-22-9-7-20(30)14-32-22)11-25(34-17)29(38)36-27(24-12-19-4-2-3-5-23(19)35-24)28-26-13-21(31)15-37(26)16-33-28/h2-5,7,9-12,14,16,21,27,35H,13,15H2,1H3,(H,36,38)/t21-,27?/m1/s1. The summed E-state index contributed by atoms with van der Waals surface area (Å²) in [6.07, 6.45) is 1.97. The number of alkyl halides is 1. The quantitative estimate of drug-likeness (QED) is 0.352. The van der Waals surface area contributed by atoms with E-state index in [1.165, 1.54) is 12.1 Å². The lowest BCUT2D eigenvalue weighted by Crippen LogP contribution is -2.31. The fourth-order valence-electron chi connectivity index (χ4n) is 4.72. The van der Waals surface area contributed by atoms with Gasteiger partial charge in [-0.3, -0.25) is 4.79 Å². The van der Waals surface area contributed by atoms with Crippen molar-refractivity contribution in [2.24, 2.45) is 0 Å². The SMILES string of the molecule is Cc1cc(C#Cc2ccc(F)cn2)cc(C(=O)NC(c2cc3ccccc3[nH]2)c2ncn3c2C[C@@H](F)C3)n1. The van der Waals surface area contributed by atoms with E-state index in [1.807, 2.05) is 30.3 Å². The maximum atomic E-state index is 14.2. The Bertz CT molecular complexity index is 1690. The summed E-state index contributed by atoms with van der Waals surface area (Å²) in [7, 11) is 0. The molecule has 0 fully saturated rings. The lowest BCUT2D eigenvalue weighted by atomic mass is 10.1. The number of aryl methyl sites for hydroxylation is 1. The van der Waals surface area contributed by atoms with Crippen LogP contribution in [0.25, 0.3) is 10.9 Å². The number of para-hydroxylation sites is 1. The molecule has 1 unspecified atom stereocenters. The number of hydrogen-bond donors (Lipinski definition) is 2. The van der Waals surface area contributed by atoms with E-state index in [-0.39, 0.29) is 18.7 Å². The molecule has 9 heteroatoms. The number of carbonyl (C=O) groups is 1. The van der Waals surface area contributed by atoms with Crippen molar-refractivity contribution in [2.45, 2.75) is 32.1 Å². The van der Waals surface area contributed by atoms with E-state index in [0.29, 0.717) is 22.6 Å². The highest BCUT2D eigenvalue weighted by Gasteiger charge is 2.31. The second kappa shape index (κ2) is 9.56. The van der Waals surface area contributed by atoms with Gasteiger partial charge in [-0.2, -0.15) is 0 Å². The Morgan fingerprint density at radius 3 is 2.84 bits per heavy atom. The minimum atomic E-state index is -0.985. The number of benzene rings is 1.